The lowest BCUT2D eigenvalue weighted by atomic mass is 9.84. The molecule has 0 radical (unpaired) electrons. The quantitative estimate of drug-likeness (QED) is 0.325. The van der Waals surface area contributed by atoms with Gasteiger partial charge in [-0.3, -0.25) is 4.79 Å². The molecule has 0 aromatic heterocycles. The Morgan fingerprint density at radius 3 is 2.00 bits per heavy atom. The zero-order valence-electron chi connectivity index (χ0n) is 17.8. The summed E-state index contributed by atoms with van der Waals surface area (Å²) >= 11 is 0. The molecule has 1 heterocycles. The molecular formula is C19H39NO3Si2. The SMILES string of the molecule is CC[Si](CC)(CC)N1C(=O)[C@@H](C(C)O[Si](C)(C)C(C)(C)C)[C@@H]1CC=O. The highest BCUT2D eigenvalue weighted by Crippen LogP contribution is 2.44. The molecule has 0 N–H and O–H groups in total. The largest absolute Gasteiger partial charge is 0.413 e. The highest BCUT2D eigenvalue weighted by Gasteiger charge is 2.57. The van der Waals surface area contributed by atoms with Crippen LogP contribution in [0.5, 0.6) is 0 Å². The summed E-state index contributed by atoms with van der Waals surface area (Å²) in [4.78, 5) is 24.4. The molecule has 25 heavy (non-hydrogen) atoms. The molecule has 4 nitrogen and oxygen atoms in total. The third kappa shape index (κ3) is 4.11. The highest BCUT2D eigenvalue weighted by atomic mass is 28.4. The predicted molar refractivity (Wildman–Crippen MR) is 110 cm³/mol. The first-order chi connectivity index (χ1) is 11.4. The summed E-state index contributed by atoms with van der Waals surface area (Å²) in [5.74, 6) is 0.0751. The lowest BCUT2D eigenvalue weighted by Gasteiger charge is -2.58. The number of carbonyl (C=O) groups is 2. The summed E-state index contributed by atoms with van der Waals surface area (Å²) in [6, 6.07) is 3.22. The van der Waals surface area contributed by atoms with Gasteiger partial charge in [0.25, 0.3) is 0 Å². The van der Waals surface area contributed by atoms with Gasteiger partial charge in [-0.15, -0.1) is 0 Å². The molecule has 0 spiro atoms. The third-order valence-electron chi connectivity index (χ3n) is 6.88. The molecule has 1 saturated heterocycles. The fourth-order valence-electron chi connectivity index (χ4n) is 3.99. The van der Waals surface area contributed by atoms with Crippen molar-refractivity contribution in [2.75, 3.05) is 0 Å². The first-order valence-corrected chi connectivity index (χ1v) is 15.3. The van der Waals surface area contributed by atoms with E-state index in [1.54, 1.807) is 0 Å². The second-order valence-electron chi connectivity index (χ2n) is 9.07. The summed E-state index contributed by atoms with van der Waals surface area (Å²) < 4.78 is 8.66. The normalized spacial score (nSPS) is 23.4. The summed E-state index contributed by atoms with van der Waals surface area (Å²) in [7, 11) is -3.74. The van der Waals surface area contributed by atoms with Crippen LogP contribution in [0.2, 0.25) is 36.3 Å². The molecule has 0 aromatic rings. The molecule has 3 atom stereocenters. The Balaban J connectivity index is 3.06. The Bertz CT molecular complexity index is 475. The molecule has 1 rings (SSSR count). The van der Waals surface area contributed by atoms with Crippen LogP contribution in [0.3, 0.4) is 0 Å². The Hall–Kier alpha value is -0.466. The minimum Gasteiger partial charge on any atom is -0.413 e. The van der Waals surface area contributed by atoms with Gasteiger partial charge in [-0.2, -0.15) is 0 Å². The van der Waals surface area contributed by atoms with E-state index in [2.05, 4.69) is 59.2 Å². The fraction of sp³-hybridized carbons (Fsp3) is 0.895. The van der Waals surface area contributed by atoms with Gasteiger partial charge in [0.1, 0.15) is 6.29 Å². The summed E-state index contributed by atoms with van der Waals surface area (Å²) in [5.41, 5.74) is 0. The zero-order chi connectivity index (χ0) is 19.6. The fourth-order valence-corrected chi connectivity index (χ4v) is 9.53. The number of hydrogen-bond acceptors (Lipinski definition) is 3. The van der Waals surface area contributed by atoms with Crippen LogP contribution in [0.15, 0.2) is 0 Å². The zero-order valence-corrected chi connectivity index (χ0v) is 19.8. The van der Waals surface area contributed by atoms with E-state index in [-0.39, 0.29) is 29.0 Å². The van der Waals surface area contributed by atoms with Crippen LogP contribution >= 0.6 is 0 Å². The van der Waals surface area contributed by atoms with Crippen molar-refractivity contribution in [1.29, 1.82) is 0 Å². The average Bonchev–Trinajstić information content (AvgIpc) is 2.50. The first kappa shape index (κ1) is 22.6. The summed E-state index contributed by atoms with van der Waals surface area (Å²) in [5, 5.41) is 0.114. The van der Waals surface area contributed by atoms with Crippen LogP contribution in [0.1, 0.15) is 54.9 Å². The van der Waals surface area contributed by atoms with Crippen molar-refractivity contribution in [2.24, 2.45) is 5.92 Å². The maximum absolute atomic E-state index is 13.1. The number of nitrogens with zero attached hydrogens (tertiary/aromatic N) is 1. The molecule has 6 heteroatoms. The van der Waals surface area contributed by atoms with Gasteiger partial charge in [-0.1, -0.05) is 41.5 Å². The molecule has 1 amide bonds. The van der Waals surface area contributed by atoms with Crippen LogP contribution in [0, 0.1) is 5.92 Å². The second kappa shape index (κ2) is 8.05. The van der Waals surface area contributed by atoms with Crippen LogP contribution < -0.4 is 0 Å². The number of carbonyl (C=O) groups excluding carboxylic acids is 2. The van der Waals surface area contributed by atoms with Crippen LogP contribution in [0.25, 0.3) is 0 Å². The molecule has 1 aliphatic heterocycles. The Morgan fingerprint density at radius 2 is 1.64 bits per heavy atom. The molecule has 146 valence electrons. The minimum atomic E-state index is -1.94. The predicted octanol–water partition coefficient (Wildman–Crippen LogP) is 4.82. The van der Waals surface area contributed by atoms with Crippen LogP contribution in [-0.4, -0.2) is 45.5 Å². The van der Waals surface area contributed by atoms with E-state index < -0.39 is 16.6 Å². The van der Waals surface area contributed by atoms with Gasteiger partial charge in [0.05, 0.1) is 12.0 Å². The van der Waals surface area contributed by atoms with E-state index in [0.29, 0.717) is 6.42 Å². The van der Waals surface area contributed by atoms with Crippen LogP contribution in [-0.2, 0) is 14.0 Å². The van der Waals surface area contributed by atoms with E-state index in [9.17, 15) is 9.59 Å². The first-order valence-electron chi connectivity index (χ1n) is 9.87. The molecular weight excluding hydrogens is 346 g/mol. The van der Waals surface area contributed by atoms with E-state index in [1.165, 1.54) is 0 Å². The summed E-state index contributed by atoms with van der Waals surface area (Å²) in [6.45, 7) is 19.7. The number of aldehydes is 1. The van der Waals surface area contributed by atoms with Gasteiger partial charge in [-0.25, -0.2) is 0 Å². The van der Waals surface area contributed by atoms with Crippen LogP contribution in [0.4, 0.5) is 0 Å². The summed E-state index contributed by atoms with van der Waals surface area (Å²) in [6.07, 6.45) is 1.30. The van der Waals surface area contributed by atoms with Gasteiger partial charge < -0.3 is 13.8 Å². The van der Waals surface area contributed by atoms with Crippen molar-refractivity contribution in [2.45, 2.75) is 103 Å². The monoisotopic (exact) mass is 385 g/mol. The number of rotatable bonds is 9. The van der Waals surface area contributed by atoms with Gasteiger partial charge in [-0.05, 0) is 43.2 Å². The molecule has 1 unspecified atom stereocenters. The second-order valence-corrected chi connectivity index (χ2v) is 18.9. The van der Waals surface area contributed by atoms with Gasteiger partial charge in [0.15, 0.2) is 16.6 Å². The number of β-lactam (4-membered cyclic amide) rings is 1. The lowest BCUT2D eigenvalue weighted by molar-refractivity contribution is -0.154. The molecule has 0 aromatic carbocycles. The lowest BCUT2D eigenvalue weighted by Crippen LogP contribution is -2.74. The van der Waals surface area contributed by atoms with Crippen molar-refractivity contribution < 1.29 is 14.0 Å². The standard InChI is InChI=1S/C19H39NO3Si2/c1-10-25(11-2,12-3)20-16(13-14-21)17(18(20)22)15(4)23-24(8,9)19(5,6)7/h14-17H,10-13H2,1-9H3/t15?,16-,17-/m0/s1. The maximum Gasteiger partial charge on any atom is 0.222 e. The van der Waals surface area contributed by atoms with Crippen molar-refractivity contribution >= 4 is 28.7 Å². The number of hydrogen-bond donors (Lipinski definition) is 0. The Morgan fingerprint density at radius 1 is 1.16 bits per heavy atom. The highest BCUT2D eigenvalue weighted by molar-refractivity contribution is 6.79. The average molecular weight is 386 g/mol. The molecule has 0 aliphatic carbocycles. The van der Waals surface area contributed by atoms with E-state index in [1.807, 2.05) is 6.92 Å². The number of amides is 1. The molecule has 0 saturated carbocycles. The Kier molecular flexibility index (Phi) is 7.27. The topological polar surface area (TPSA) is 46.6 Å². The van der Waals surface area contributed by atoms with E-state index in [0.717, 1.165) is 24.4 Å². The smallest absolute Gasteiger partial charge is 0.222 e. The van der Waals surface area contributed by atoms with E-state index >= 15 is 0 Å². The van der Waals surface area contributed by atoms with Crippen molar-refractivity contribution in [1.82, 2.24) is 4.57 Å². The minimum absolute atomic E-state index is 0.0382. The van der Waals surface area contributed by atoms with Gasteiger partial charge >= 0.3 is 0 Å². The maximum atomic E-state index is 13.1. The molecule has 1 fully saturated rings. The van der Waals surface area contributed by atoms with Gasteiger partial charge in [0.2, 0.25) is 5.91 Å². The Labute approximate surface area is 156 Å². The van der Waals surface area contributed by atoms with Crippen molar-refractivity contribution in [3.8, 4) is 0 Å². The van der Waals surface area contributed by atoms with Crippen molar-refractivity contribution in [3.05, 3.63) is 0 Å². The third-order valence-corrected chi connectivity index (χ3v) is 17.0. The van der Waals surface area contributed by atoms with E-state index in [4.69, 9.17) is 4.43 Å². The molecule has 1 aliphatic rings. The molecule has 0 bridgehead atoms. The van der Waals surface area contributed by atoms with Crippen molar-refractivity contribution in [3.63, 3.8) is 0 Å². The van der Waals surface area contributed by atoms with Gasteiger partial charge in [0, 0.05) is 12.5 Å².